The predicted octanol–water partition coefficient (Wildman–Crippen LogP) is 0.939. The summed E-state index contributed by atoms with van der Waals surface area (Å²) in [5.74, 6) is 0. The smallest absolute Gasteiger partial charge is 0.329 e. The fraction of sp³-hybridized carbons (Fsp3) is 0.692. The van der Waals surface area contributed by atoms with Crippen LogP contribution in [0.15, 0.2) is 21.9 Å². The van der Waals surface area contributed by atoms with E-state index >= 15 is 0 Å². The third-order valence-electron chi connectivity index (χ3n) is 2.99. The first kappa shape index (κ1) is 14.7. The number of nitrogens with zero attached hydrogens (tertiary/aromatic N) is 2. The molecular formula is C13H23N3O2. The van der Waals surface area contributed by atoms with Crippen molar-refractivity contribution in [2.75, 3.05) is 6.54 Å². The topological polar surface area (TPSA) is 70.0 Å². The zero-order valence-electron chi connectivity index (χ0n) is 11.1. The Morgan fingerprint density at radius 2 is 1.83 bits per heavy atom. The predicted molar refractivity (Wildman–Crippen MR) is 72.8 cm³/mol. The molecule has 0 bridgehead atoms. The van der Waals surface area contributed by atoms with E-state index in [0.29, 0.717) is 13.1 Å². The second-order valence-electron chi connectivity index (χ2n) is 4.48. The second-order valence-corrected chi connectivity index (χ2v) is 4.48. The summed E-state index contributed by atoms with van der Waals surface area (Å²) in [4.78, 5) is 23.5. The highest BCUT2D eigenvalue weighted by Crippen LogP contribution is 2.02. The van der Waals surface area contributed by atoms with Gasteiger partial charge < -0.3 is 10.3 Å². The molecule has 0 saturated carbocycles. The van der Waals surface area contributed by atoms with Crippen molar-refractivity contribution < 1.29 is 0 Å². The first-order valence-electron chi connectivity index (χ1n) is 6.71. The molecule has 0 radical (unpaired) electrons. The third-order valence-corrected chi connectivity index (χ3v) is 2.99. The third kappa shape index (κ3) is 4.14. The highest BCUT2D eigenvalue weighted by molar-refractivity contribution is 4.86. The Hall–Kier alpha value is -1.36. The van der Waals surface area contributed by atoms with Crippen LogP contribution in [0.3, 0.4) is 0 Å². The van der Waals surface area contributed by atoms with Crippen LogP contribution < -0.4 is 17.0 Å². The molecule has 1 aromatic rings. The van der Waals surface area contributed by atoms with Gasteiger partial charge in [-0.2, -0.15) is 0 Å². The van der Waals surface area contributed by atoms with Gasteiger partial charge in [-0.1, -0.05) is 32.6 Å². The van der Waals surface area contributed by atoms with Crippen molar-refractivity contribution in [3.63, 3.8) is 0 Å². The molecule has 1 rings (SSSR count). The maximum absolute atomic E-state index is 12.0. The molecule has 0 aliphatic rings. The van der Waals surface area contributed by atoms with Crippen molar-refractivity contribution >= 4 is 0 Å². The van der Waals surface area contributed by atoms with Crippen LogP contribution >= 0.6 is 0 Å². The molecule has 0 spiro atoms. The van der Waals surface area contributed by atoms with E-state index in [1.165, 1.54) is 29.9 Å². The maximum Gasteiger partial charge on any atom is 0.331 e. The zero-order valence-corrected chi connectivity index (χ0v) is 11.1. The molecule has 0 aliphatic carbocycles. The van der Waals surface area contributed by atoms with E-state index in [1.54, 1.807) is 10.8 Å². The fourth-order valence-corrected chi connectivity index (χ4v) is 1.95. The monoisotopic (exact) mass is 253 g/mol. The van der Waals surface area contributed by atoms with Gasteiger partial charge in [-0.25, -0.2) is 4.79 Å². The lowest BCUT2D eigenvalue weighted by Crippen LogP contribution is -2.40. The number of hydrogen-bond donors (Lipinski definition) is 1. The lowest BCUT2D eigenvalue weighted by molar-refractivity contribution is 0.515. The number of hydrogen-bond acceptors (Lipinski definition) is 3. The minimum Gasteiger partial charge on any atom is -0.329 e. The normalized spacial score (nSPS) is 10.8. The standard InChI is InChI=1S/C13H23N3O2/c1-2-3-4-5-6-9-15-10-7-12(17)16(11-8-14)13(15)18/h7,10H,2-6,8-9,11,14H2,1H3. The molecule has 2 N–H and O–H groups in total. The van der Waals surface area contributed by atoms with Gasteiger partial charge in [-0.05, 0) is 6.42 Å². The minimum absolute atomic E-state index is 0.247. The molecule has 0 amide bonds. The van der Waals surface area contributed by atoms with Gasteiger partial charge in [0.05, 0.1) is 0 Å². The summed E-state index contributed by atoms with van der Waals surface area (Å²) in [6.45, 7) is 3.44. The molecule has 0 saturated heterocycles. The summed E-state index contributed by atoms with van der Waals surface area (Å²) < 4.78 is 2.80. The summed E-state index contributed by atoms with van der Waals surface area (Å²) in [6, 6.07) is 1.43. The Morgan fingerprint density at radius 1 is 1.11 bits per heavy atom. The van der Waals surface area contributed by atoms with Gasteiger partial charge in [-0.3, -0.25) is 9.36 Å². The van der Waals surface area contributed by atoms with Crippen LogP contribution in [0.4, 0.5) is 0 Å². The molecule has 0 atom stereocenters. The molecule has 1 aromatic heterocycles. The van der Waals surface area contributed by atoms with E-state index in [0.717, 1.165) is 12.8 Å². The molecule has 102 valence electrons. The van der Waals surface area contributed by atoms with Crippen LogP contribution in [0.5, 0.6) is 0 Å². The summed E-state index contributed by atoms with van der Waals surface area (Å²) in [6.07, 6.45) is 7.32. The van der Waals surface area contributed by atoms with Crippen LogP contribution in [-0.2, 0) is 13.1 Å². The van der Waals surface area contributed by atoms with Gasteiger partial charge in [0.15, 0.2) is 0 Å². The molecule has 5 nitrogen and oxygen atoms in total. The average molecular weight is 253 g/mol. The Kier molecular flexibility index (Phi) is 6.43. The van der Waals surface area contributed by atoms with Crippen molar-refractivity contribution in [3.8, 4) is 0 Å². The quantitative estimate of drug-likeness (QED) is 0.701. The lowest BCUT2D eigenvalue weighted by Gasteiger charge is -2.08. The van der Waals surface area contributed by atoms with Gasteiger partial charge in [0.1, 0.15) is 0 Å². The number of nitrogens with two attached hydrogens (primary N) is 1. The first-order chi connectivity index (χ1) is 8.70. The van der Waals surface area contributed by atoms with E-state index < -0.39 is 0 Å². The van der Waals surface area contributed by atoms with Crippen molar-refractivity contribution in [1.82, 2.24) is 9.13 Å². The highest BCUT2D eigenvalue weighted by atomic mass is 16.2. The van der Waals surface area contributed by atoms with Gasteiger partial charge >= 0.3 is 5.69 Å². The first-order valence-corrected chi connectivity index (χ1v) is 6.71. The van der Waals surface area contributed by atoms with E-state index in [2.05, 4.69) is 6.92 Å². The van der Waals surface area contributed by atoms with Crippen molar-refractivity contribution in [2.45, 2.75) is 52.1 Å². The Balaban J connectivity index is 2.64. The van der Waals surface area contributed by atoms with Crippen LogP contribution in [-0.4, -0.2) is 15.7 Å². The Bertz CT molecular complexity index is 462. The maximum atomic E-state index is 12.0. The zero-order chi connectivity index (χ0) is 13.4. The molecular weight excluding hydrogens is 230 g/mol. The second kappa shape index (κ2) is 7.87. The van der Waals surface area contributed by atoms with Gasteiger partial charge in [0, 0.05) is 31.9 Å². The largest absolute Gasteiger partial charge is 0.331 e. The molecule has 1 heterocycles. The van der Waals surface area contributed by atoms with Crippen molar-refractivity contribution in [1.29, 1.82) is 0 Å². The number of unbranched alkanes of at least 4 members (excludes halogenated alkanes) is 4. The Labute approximate surface area is 107 Å². The summed E-state index contributed by atoms with van der Waals surface area (Å²) in [7, 11) is 0. The molecule has 0 aromatic carbocycles. The van der Waals surface area contributed by atoms with Gasteiger partial charge in [-0.15, -0.1) is 0 Å². The van der Waals surface area contributed by atoms with E-state index in [9.17, 15) is 9.59 Å². The number of aromatic nitrogens is 2. The fourth-order valence-electron chi connectivity index (χ4n) is 1.95. The molecule has 0 aliphatic heterocycles. The van der Waals surface area contributed by atoms with Gasteiger partial charge in [0.25, 0.3) is 5.56 Å². The van der Waals surface area contributed by atoms with Crippen molar-refractivity contribution in [3.05, 3.63) is 33.1 Å². The molecule has 0 unspecified atom stereocenters. The van der Waals surface area contributed by atoms with Crippen molar-refractivity contribution in [2.24, 2.45) is 5.73 Å². The van der Waals surface area contributed by atoms with Crippen LogP contribution in [0.25, 0.3) is 0 Å². The number of aryl methyl sites for hydroxylation is 1. The van der Waals surface area contributed by atoms with Crippen LogP contribution in [0.1, 0.15) is 39.0 Å². The summed E-state index contributed by atoms with van der Waals surface area (Å²) in [5.41, 5.74) is 4.88. The van der Waals surface area contributed by atoms with E-state index in [-0.39, 0.29) is 17.8 Å². The molecule has 18 heavy (non-hydrogen) atoms. The molecule has 0 fully saturated rings. The molecule has 5 heteroatoms. The van der Waals surface area contributed by atoms with Gasteiger partial charge in [0.2, 0.25) is 0 Å². The van der Waals surface area contributed by atoms with E-state index in [4.69, 9.17) is 5.73 Å². The lowest BCUT2D eigenvalue weighted by atomic mass is 10.1. The minimum atomic E-state index is -0.271. The summed E-state index contributed by atoms with van der Waals surface area (Å²) >= 11 is 0. The average Bonchev–Trinajstić information content (AvgIpc) is 2.36. The summed E-state index contributed by atoms with van der Waals surface area (Å²) in [5, 5.41) is 0. The SMILES string of the molecule is CCCCCCCn1ccc(=O)n(CCN)c1=O. The van der Waals surface area contributed by atoms with Crippen LogP contribution in [0.2, 0.25) is 0 Å². The Morgan fingerprint density at radius 3 is 2.50 bits per heavy atom. The van der Waals surface area contributed by atoms with Crippen LogP contribution in [0, 0.1) is 0 Å². The number of rotatable bonds is 8. The highest BCUT2D eigenvalue weighted by Gasteiger charge is 2.03. The van der Waals surface area contributed by atoms with E-state index in [1.807, 2.05) is 0 Å².